The summed E-state index contributed by atoms with van der Waals surface area (Å²) in [6.45, 7) is 4.13. The van der Waals surface area contributed by atoms with E-state index in [4.69, 9.17) is 0 Å². The summed E-state index contributed by atoms with van der Waals surface area (Å²) in [5, 5.41) is 20.5. The fourth-order valence-corrected chi connectivity index (χ4v) is 3.94. The summed E-state index contributed by atoms with van der Waals surface area (Å²) in [5.74, 6) is 0. The molecule has 23 heavy (non-hydrogen) atoms. The maximum absolute atomic E-state index is 10.9. The van der Waals surface area contributed by atoms with Gasteiger partial charge in [-0.25, -0.2) is 0 Å². The Labute approximate surface area is 136 Å². The lowest BCUT2D eigenvalue weighted by atomic mass is 9.71. The second kappa shape index (κ2) is 6.45. The van der Waals surface area contributed by atoms with Gasteiger partial charge in [-0.05, 0) is 57.3 Å². The minimum atomic E-state index is -0.410. The van der Waals surface area contributed by atoms with E-state index in [1.807, 2.05) is 0 Å². The third kappa shape index (κ3) is 3.33. The SMILES string of the molecule is CN1CCC2(CC1)CCN(c1ccc([N+](=O)[O-])cc1CO)CC2. The van der Waals surface area contributed by atoms with Gasteiger partial charge in [0.05, 0.1) is 11.5 Å². The summed E-state index contributed by atoms with van der Waals surface area (Å²) >= 11 is 0. The highest BCUT2D eigenvalue weighted by Gasteiger charge is 2.37. The Morgan fingerprint density at radius 1 is 1.17 bits per heavy atom. The number of nitro benzene ring substituents is 1. The smallest absolute Gasteiger partial charge is 0.269 e. The summed E-state index contributed by atoms with van der Waals surface area (Å²) < 4.78 is 0. The fraction of sp³-hybridized carbons (Fsp3) is 0.647. The normalized spacial score (nSPS) is 21.6. The number of hydrogen-bond donors (Lipinski definition) is 1. The first kappa shape index (κ1) is 16.2. The third-order valence-corrected chi connectivity index (χ3v) is 5.66. The standard InChI is InChI=1S/C17H25N3O3/c1-18-8-4-17(5-9-18)6-10-19(11-7-17)16-3-2-15(20(22)23)12-14(16)13-21/h2-3,12,21H,4-11,13H2,1H3. The van der Waals surface area contributed by atoms with Crippen LogP contribution >= 0.6 is 0 Å². The topological polar surface area (TPSA) is 69.9 Å². The van der Waals surface area contributed by atoms with Crippen LogP contribution in [0.15, 0.2) is 18.2 Å². The van der Waals surface area contributed by atoms with E-state index >= 15 is 0 Å². The summed E-state index contributed by atoms with van der Waals surface area (Å²) in [6, 6.07) is 4.82. The number of nitro groups is 1. The fourth-order valence-electron chi connectivity index (χ4n) is 3.94. The number of nitrogens with zero attached hydrogens (tertiary/aromatic N) is 3. The molecule has 1 aromatic rings. The lowest BCUT2D eigenvalue weighted by molar-refractivity contribution is -0.384. The second-order valence-corrected chi connectivity index (χ2v) is 7.02. The molecule has 2 aliphatic heterocycles. The first-order chi connectivity index (χ1) is 11.0. The highest BCUT2D eigenvalue weighted by atomic mass is 16.6. The van der Waals surface area contributed by atoms with E-state index < -0.39 is 4.92 Å². The Balaban J connectivity index is 1.71. The van der Waals surface area contributed by atoms with Crippen LogP contribution in [0.2, 0.25) is 0 Å². The molecule has 1 aromatic carbocycles. The van der Waals surface area contributed by atoms with E-state index in [1.165, 1.54) is 50.9 Å². The number of aliphatic hydroxyl groups excluding tert-OH is 1. The van der Waals surface area contributed by atoms with Crippen LogP contribution in [0.4, 0.5) is 11.4 Å². The second-order valence-electron chi connectivity index (χ2n) is 7.02. The van der Waals surface area contributed by atoms with Crippen molar-refractivity contribution in [1.82, 2.24) is 4.90 Å². The Morgan fingerprint density at radius 2 is 1.78 bits per heavy atom. The van der Waals surface area contributed by atoms with Gasteiger partial charge in [0.15, 0.2) is 0 Å². The van der Waals surface area contributed by atoms with Gasteiger partial charge in [0.25, 0.3) is 5.69 Å². The highest BCUT2D eigenvalue weighted by Crippen LogP contribution is 2.42. The molecule has 2 heterocycles. The van der Waals surface area contributed by atoms with Crippen LogP contribution in [-0.2, 0) is 6.61 Å². The Morgan fingerprint density at radius 3 is 2.35 bits per heavy atom. The van der Waals surface area contributed by atoms with E-state index in [0.717, 1.165) is 18.8 Å². The van der Waals surface area contributed by atoms with Crippen LogP contribution in [0, 0.1) is 15.5 Å². The quantitative estimate of drug-likeness (QED) is 0.684. The monoisotopic (exact) mass is 319 g/mol. The van der Waals surface area contributed by atoms with Gasteiger partial charge in [0, 0.05) is 36.5 Å². The van der Waals surface area contributed by atoms with Crippen molar-refractivity contribution in [1.29, 1.82) is 0 Å². The van der Waals surface area contributed by atoms with Gasteiger partial charge < -0.3 is 14.9 Å². The average Bonchev–Trinajstić information content (AvgIpc) is 2.58. The molecule has 0 aliphatic carbocycles. The molecule has 2 fully saturated rings. The van der Waals surface area contributed by atoms with E-state index in [1.54, 1.807) is 6.07 Å². The van der Waals surface area contributed by atoms with Gasteiger partial charge in [-0.15, -0.1) is 0 Å². The van der Waals surface area contributed by atoms with Gasteiger partial charge in [-0.3, -0.25) is 10.1 Å². The number of likely N-dealkylation sites (tertiary alicyclic amines) is 1. The number of non-ortho nitro benzene ring substituents is 1. The predicted molar refractivity (Wildman–Crippen MR) is 89.6 cm³/mol. The molecule has 0 aromatic heterocycles. The molecule has 1 N–H and O–H groups in total. The Kier molecular flexibility index (Phi) is 4.55. The van der Waals surface area contributed by atoms with Crippen molar-refractivity contribution >= 4 is 11.4 Å². The first-order valence-corrected chi connectivity index (χ1v) is 8.35. The van der Waals surface area contributed by atoms with Crippen molar-refractivity contribution < 1.29 is 10.0 Å². The van der Waals surface area contributed by atoms with Crippen molar-refractivity contribution in [2.45, 2.75) is 32.3 Å². The highest BCUT2D eigenvalue weighted by molar-refractivity contribution is 5.58. The van der Waals surface area contributed by atoms with Crippen LogP contribution in [0.1, 0.15) is 31.2 Å². The Hall–Kier alpha value is -1.66. The van der Waals surface area contributed by atoms with Crippen molar-refractivity contribution in [2.75, 3.05) is 38.1 Å². The summed E-state index contributed by atoms with van der Waals surface area (Å²) in [5.41, 5.74) is 2.12. The first-order valence-electron chi connectivity index (χ1n) is 8.35. The molecule has 2 saturated heterocycles. The van der Waals surface area contributed by atoms with E-state index in [0.29, 0.717) is 11.0 Å². The van der Waals surface area contributed by atoms with Crippen LogP contribution in [0.25, 0.3) is 0 Å². The number of piperidine rings is 2. The molecule has 0 radical (unpaired) electrons. The van der Waals surface area contributed by atoms with Gasteiger partial charge in [0.2, 0.25) is 0 Å². The molecule has 2 aliphatic rings. The molecule has 126 valence electrons. The van der Waals surface area contributed by atoms with E-state index in [-0.39, 0.29) is 12.3 Å². The van der Waals surface area contributed by atoms with E-state index in [9.17, 15) is 15.2 Å². The zero-order valence-electron chi connectivity index (χ0n) is 13.7. The van der Waals surface area contributed by atoms with Crippen LogP contribution in [0.3, 0.4) is 0 Å². The number of hydrogen-bond acceptors (Lipinski definition) is 5. The molecule has 3 rings (SSSR count). The van der Waals surface area contributed by atoms with Crippen LogP contribution < -0.4 is 4.90 Å². The number of rotatable bonds is 3. The molecule has 0 atom stereocenters. The lowest BCUT2D eigenvalue weighted by Gasteiger charge is -2.47. The molecular weight excluding hydrogens is 294 g/mol. The molecule has 6 nitrogen and oxygen atoms in total. The van der Waals surface area contributed by atoms with Crippen molar-refractivity contribution in [3.8, 4) is 0 Å². The number of aliphatic hydroxyl groups is 1. The maximum Gasteiger partial charge on any atom is 0.269 e. The molecule has 0 saturated carbocycles. The number of anilines is 1. The zero-order chi connectivity index (χ0) is 16.4. The van der Waals surface area contributed by atoms with Gasteiger partial charge in [-0.1, -0.05) is 0 Å². The molecule has 6 heteroatoms. The van der Waals surface area contributed by atoms with Crippen molar-refractivity contribution in [2.24, 2.45) is 5.41 Å². The van der Waals surface area contributed by atoms with Crippen molar-refractivity contribution in [3.63, 3.8) is 0 Å². The van der Waals surface area contributed by atoms with Gasteiger partial charge in [-0.2, -0.15) is 0 Å². The third-order valence-electron chi connectivity index (χ3n) is 5.66. The minimum Gasteiger partial charge on any atom is -0.392 e. The largest absolute Gasteiger partial charge is 0.392 e. The van der Waals surface area contributed by atoms with Gasteiger partial charge in [0.1, 0.15) is 0 Å². The summed E-state index contributed by atoms with van der Waals surface area (Å²) in [7, 11) is 2.19. The van der Waals surface area contributed by atoms with Crippen molar-refractivity contribution in [3.05, 3.63) is 33.9 Å². The van der Waals surface area contributed by atoms with Gasteiger partial charge >= 0.3 is 0 Å². The molecular formula is C17H25N3O3. The molecule has 0 unspecified atom stereocenters. The summed E-state index contributed by atoms with van der Waals surface area (Å²) in [4.78, 5) is 15.2. The zero-order valence-corrected chi connectivity index (χ0v) is 13.7. The Bertz CT molecular complexity index is 572. The van der Waals surface area contributed by atoms with Crippen LogP contribution in [-0.4, -0.2) is 48.2 Å². The molecule has 0 bridgehead atoms. The van der Waals surface area contributed by atoms with E-state index in [2.05, 4.69) is 16.8 Å². The predicted octanol–water partition coefficient (Wildman–Crippen LogP) is 2.40. The minimum absolute atomic E-state index is 0.0431. The average molecular weight is 319 g/mol. The lowest BCUT2D eigenvalue weighted by Crippen LogP contribution is -2.46. The molecule has 1 spiro atoms. The maximum atomic E-state index is 10.9. The number of benzene rings is 1. The summed E-state index contributed by atoms with van der Waals surface area (Å²) in [6.07, 6.45) is 4.88. The molecule has 0 amide bonds. The van der Waals surface area contributed by atoms with Crippen LogP contribution in [0.5, 0.6) is 0 Å².